The first-order valence-corrected chi connectivity index (χ1v) is 6.82. The van der Waals surface area contributed by atoms with Gasteiger partial charge in [-0.05, 0) is 37.3 Å². The van der Waals surface area contributed by atoms with Crippen molar-refractivity contribution in [3.05, 3.63) is 29.8 Å². The Bertz CT molecular complexity index is 409. The molecule has 1 fully saturated rings. The Balaban J connectivity index is 1.91. The topological polar surface area (TPSA) is 32.3 Å². The number of nitrogens with zero attached hydrogens (tertiary/aromatic N) is 1. The van der Waals surface area contributed by atoms with E-state index in [-0.39, 0.29) is 6.03 Å². The van der Waals surface area contributed by atoms with E-state index in [0.717, 1.165) is 43.1 Å². The molecule has 0 unspecified atom stereocenters. The van der Waals surface area contributed by atoms with Gasteiger partial charge in [0.25, 0.3) is 0 Å². The second-order valence-corrected chi connectivity index (χ2v) is 5.08. The lowest BCUT2D eigenvalue weighted by Crippen LogP contribution is -2.41. The van der Waals surface area contributed by atoms with Crippen LogP contribution in [0.15, 0.2) is 24.3 Å². The average Bonchev–Trinajstić information content (AvgIpc) is 2.41. The van der Waals surface area contributed by atoms with Crippen molar-refractivity contribution in [1.29, 1.82) is 0 Å². The van der Waals surface area contributed by atoms with E-state index in [4.69, 9.17) is 0 Å². The summed E-state index contributed by atoms with van der Waals surface area (Å²) < 4.78 is 0. The predicted molar refractivity (Wildman–Crippen MR) is 74.8 cm³/mol. The van der Waals surface area contributed by atoms with Crippen LogP contribution in [-0.2, 0) is 0 Å². The Morgan fingerprint density at radius 1 is 1.33 bits per heavy atom. The van der Waals surface area contributed by atoms with E-state index >= 15 is 0 Å². The van der Waals surface area contributed by atoms with Crippen LogP contribution in [0, 0.1) is 12.8 Å². The molecule has 98 valence electrons. The molecule has 1 aromatic carbocycles. The maximum Gasteiger partial charge on any atom is 0.321 e. The van der Waals surface area contributed by atoms with E-state index in [9.17, 15) is 4.79 Å². The second kappa shape index (κ2) is 5.89. The maximum absolute atomic E-state index is 12.1. The quantitative estimate of drug-likeness (QED) is 0.848. The van der Waals surface area contributed by atoms with E-state index in [1.807, 2.05) is 36.1 Å². The monoisotopic (exact) mass is 246 g/mol. The predicted octanol–water partition coefficient (Wildman–Crippen LogP) is 3.65. The zero-order valence-corrected chi connectivity index (χ0v) is 11.3. The zero-order valence-electron chi connectivity index (χ0n) is 11.3. The molecule has 0 atom stereocenters. The smallest absolute Gasteiger partial charge is 0.321 e. The van der Waals surface area contributed by atoms with Gasteiger partial charge in [0, 0.05) is 18.8 Å². The summed E-state index contributed by atoms with van der Waals surface area (Å²) in [6.45, 7) is 6.01. The van der Waals surface area contributed by atoms with Crippen LogP contribution >= 0.6 is 0 Å². The molecule has 0 spiro atoms. The highest BCUT2D eigenvalue weighted by atomic mass is 16.2. The van der Waals surface area contributed by atoms with Crippen LogP contribution < -0.4 is 5.32 Å². The molecule has 1 heterocycles. The average molecular weight is 246 g/mol. The van der Waals surface area contributed by atoms with E-state index in [0.29, 0.717) is 0 Å². The number of piperidine rings is 1. The number of benzene rings is 1. The van der Waals surface area contributed by atoms with E-state index in [1.54, 1.807) is 0 Å². The van der Waals surface area contributed by atoms with Crippen LogP contribution in [-0.4, -0.2) is 24.0 Å². The number of rotatable bonds is 2. The van der Waals surface area contributed by atoms with Crippen molar-refractivity contribution in [2.24, 2.45) is 5.92 Å². The van der Waals surface area contributed by atoms with Gasteiger partial charge in [0.15, 0.2) is 0 Å². The molecule has 2 amide bonds. The van der Waals surface area contributed by atoms with Gasteiger partial charge in [-0.25, -0.2) is 4.79 Å². The van der Waals surface area contributed by atoms with Crippen molar-refractivity contribution < 1.29 is 4.79 Å². The molecular formula is C15H22N2O. The molecule has 0 bridgehead atoms. The van der Waals surface area contributed by atoms with Crippen LogP contribution in [0.25, 0.3) is 0 Å². The molecule has 1 aromatic rings. The number of hydrogen-bond donors (Lipinski definition) is 1. The Morgan fingerprint density at radius 3 is 2.61 bits per heavy atom. The van der Waals surface area contributed by atoms with Crippen molar-refractivity contribution in [3.8, 4) is 0 Å². The molecule has 1 saturated heterocycles. The number of amides is 2. The minimum atomic E-state index is 0.0406. The number of likely N-dealkylation sites (tertiary alicyclic amines) is 1. The number of para-hydroxylation sites is 1. The molecule has 0 aliphatic carbocycles. The molecule has 0 aromatic heterocycles. The molecule has 3 nitrogen and oxygen atoms in total. The van der Waals surface area contributed by atoms with Gasteiger partial charge in [-0.1, -0.05) is 31.5 Å². The van der Waals surface area contributed by atoms with Gasteiger partial charge in [0.05, 0.1) is 0 Å². The highest BCUT2D eigenvalue weighted by Gasteiger charge is 2.21. The molecular weight excluding hydrogens is 224 g/mol. The zero-order chi connectivity index (χ0) is 13.0. The standard InChI is InChI=1S/C15H22N2O/c1-3-13-8-10-17(11-9-13)15(18)16-14-7-5-4-6-12(14)2/h4-7,13H,3,8-11H2,1-2H3,(H,16,18). The fraction of sp³-hybridized carbons (Fsp3) is 0.533. The summed E-state index contributed by atoms with van der Waals surface area (Å²) in [6, 6.07) is 7.94. The Kier molecular flexibility index (Phi) is 4.24. The van der Waals surface area contributed by atoms with Crippen molar-refractivity contribution in [1.82, 2.24) is 4.90 Å². The number of urea groups is 1. The number of hydrogen-bond acceptors (Lipinski definition) is 1. The Labute approximate surface area is 109 Å². The van der Waals surface area contributed by atoms with Crippen LogP contribution in [0.1, 0.15) is 31.7 Å². The highest BCUT2D eigenvalue weighted by molar-refractivity contribution is 5.90. The van der Waals surface area contributed by atoms with Crippen molar-refractivity contribution in [2.75, 3.05) is 18.4 Å². The highest BCUT2D eigenvalue weighted by Crippen LogP contribution is 2.21. The van der Waals surface area contributed by atoms with Gasteiger partial charge in [0.2, 0.25) is 0 Å². The summed E-state index contributed by atoms with van der Waals surface area (Å²) >= 11 is 0. The maximum atomic E-state index is 12.1. The van der Waals surface area contributed by atoms with Crippen molar-refractivity contribution in [3.63, 3.8) is 0 Å². The molecule has 1 N–H and O–H groups in total. The largest absolute Gasteiger partial charge is 0.325 e. The van der Waals surface area contributed by atoms with Gasteiger partial charge in [0.1, 0.15) is 0 Å². The SMILES string of the molecule is CCC1CCN(C(=O)Nc2ccccc2C)CC1. The molecule has 0 radical (unpaired) electrons. The Morgan fingerprint density at radius 2 is 2.00 bits per heavy atom. The molecule has 3 heteroatoms. The third-order valence-corrected chi connectivity index (χ3v) is 3.87. The summed E-state index contributed by atoms with van der Waals surface area (Å²) in [5.41, 5.74) is 2.02. The number of carbonyl (C=O) groups is 1. The van der Waals surface area contributed by atoms with Crippen molar-refractivity contribution >= 4 is 11.7 Å². The minimum absolute atomic E-state index is 0.0406. The van der Waals surface area contributed by atoms with Gasteiger partial charge in [-0.3, -0.25) is 0 Å². The van der Waals surface area contributed by atoms with Crippen LogP contribution in [0.3, 0.4) is 0 Å². The van der Waals surface area contributed by atoms with Crippen LogP contribution in [0.2, 0.25) is 0 Å². The second-order valence-electron chi connectivity index (χ2n) is 5.08. The summed E-state index contributed by atoms with van der Waals surface area (Å²) in [7, 11) is 0. The van der Waals surface area contributed by atoms with E-state index < -0.39 is 0 Å². The fourth-order valence-corrected chi connectivity index (χ4v) is 2.45. The molecule has 0 saturated carbocycles. The summed E-state index contributed by atoms with van der Waals surface area (Å²) in [6.07, 6.45) is 3.50. The lowest BCUT2D eigenvalue weighted by molar-refractivity contribution is 0.181. The first-order valence-electron chi connectivity index (χ1n) is 6.82. The Hall–Kier alpha value is -1.51. The number of aryl methyl sites for hydroxylation is 1. The molecule has 2 rings (SSSR count). The normalized spacial score (nSPS) is 16.7. The van der Waals surface area contributed by atoms with Crippen molar-refractivity contribution in [2.45, 2.75) is 33.1 Å². The van der Waals surface area contributed by atoms with E-state index in [2.05, 4.69) is 12.2 Å². The van der Waals surface area contributed by atoms with Gasteiger partial charge >= 0.3 is 6.03 Å². The van der Waals surface area contributed by atoms with Crippen LogP contribution in [0.4, 0.5) is 10.5 Å². The first-order chi connectivity index (χ1) is 8.70. The third-order valence-electron chi connectivity index (χ3n) is 3.87. The van der Waals surface area contributed by atoms with Crippen LogP contribution in [0.5, 0.6) is 0 Å². The minimum Gasteiger partial charge on any atom is -0.325 e. The van der Waals surface area contributed by atoms with E-state index in [1.165, 1.54) is 6.42 Å². The molecule has 1 aliphatic rings. The number of anilines is 1. The summed E-state index contributed by atoms with van der Waals surface area (Å²) in [5, 5.41) is 3.00. The summed E-state index contributed by atoms with van der Waals surface area (Å²) in [4.78, 5) is 14.1. The lowest BCUT2D eigenvalue weighted by Gasteiger charge is -2.31. The number of nitrogens with one attached hydrogen (secondary N) is 1. The van der Waals surface area contributed by atoms with Gasteiger partial charge in [-0.15, -0.1) is 0 Å². The van der Waals surface area contributed by atoms with Gasteiger partial charge in [-0.2, -0.15) is 0 Å². The third kappa shape index (κ3) is 3.03. The number of carbonyl (C=O) groups excluding carboxylic acids is 1. The lowest BCUT2D eigenvalue weighted by atomic mass is 9.95. The fourth-order valence-electron chi connectivity index (χ4n) is 2.45. The molecule has 18 heavy (non-hydrogen) atoms. The van der Waals surface area contributed by atoms with Gasteiger partial charge < -0.3 is 10.2 Å². The first kappa shape index (κ1) is 12.9. The summed E-state index contributed by atoms with van der Waals surface area (Å²) in [5.74, 6) is 0.799. The molecule has 1 aliphatic heterocycles.